The lowest BCUT2D eigenvalue weighted by molar-refractivity contribution is -0.129. The van der Waals surface area contributed by atoms with Crippen molar-refractivity contribution in [2.24, 2.45) is 0 Å². The first kappa shape index (κ1) is 16.1. The van der Waals surface area contributed by atoms with Gasteiger partial charge in [-0.1, -0.05) is 11.6 Å². The molecule has 7 heteroatoms. The van der Waals surface area contributed by atoms with Crippen LogP contribution >= 0.6 is 11.6 Å². The van der Waals surface area contributed by atoms with E-state index in [4.69, 9.17) is 22.1 Å². The minimum atomic E-state index is -0.00437. The van der Waals surface area contributed by atoms with Gasteiger partial charge in [0.1, 0.15) is 5.75 Å². The van der Waals surface area contributed by atoms with Crippen LogP contribution in [0.25, 0.3) is 11.3 Å². The number of carbonyl (C=O) groups excluding carboxylic acids is 1. The number of amides is 1. The van der Waals surface area contributed by atoms with E-state index in [1.165, 1.54) is 0 Å². The second kappa shape index (κ2) is 5.88. The highest BCUT2D eigenvalue weighted by molar-refractivity contribution is 6.33. The van der Waals surface area contributed by atoms with Crippen molar-refractivity contribution < 1.29 is 9.53 Å². The third-order valence-corrected chi connectivity index (χ3v) is 5.15. The molecule has 6 nitrogen and oxygen atoms in total. The molecular formula is C18H19ClN4O2. The molecule has 0 atom stereocenters. The summed E-state index contributed by atoms with van der Waals surface area (Å²) in [6.45, 7) is 2.45. The maximum atomic E-state index is 11.7. The third kappa shape index (κ3) is 2.80. The summed E-state index contributed by atoms with van der Waals surface area (Å²) in [6, 6.07) is 3.89. The van der Waals surface area contributed by atoms with Crippen molar-refractivity contribution >= 4 is 23.5 Å². The number of hydrogen-bond acceptors (Lipinski definition) is 5. The Kier molecular flexibility index (Phi) is 3.80. The average molecular weight is 359 g/mol. The summed E-state index contributed by atoms with van der Waals surface area (Å²) in [5.41, 5.74) is 10.2. The molecule has 1 amide bonds. The summed E-state index contributed by atoms with van der Waals surface area (Å²) in [5.74, 6) is 1.51. The molecule has 25 heavy (non-hydrogen) atoms. The van der Waals surface area contributed by atoms with Gasteiger partial charge in [-0.2, -0.15) is 0 Å². The standard InChI is InChI=1S/C18H19ClN4O2/c1-9(24)23-7-13-15(8-23)21-18(20)22-17(13)12-6-16(25-2)11(5-14(12)19)10-3-4-10/h5-6,10H,3-4,7-8H2,1-2H3,(H2,20,21,22). The summed E-state index contributed by atoms with van der Waals surface area (Å²) >= 11 is 6.58. The first-order chi connectivity index (χ1) is 12.0. The van der Waals surface area contributed by atoms with E-state index in [2.05, 4.69) is 9.97 Å². The van der Waals surface area contributed by atoms with Crippen LogP contribution in [0.1, 0.15) is 42.5 Å². The van der Waals surface area contributed by atoms with E-state index in [1.54, 1.807) is 18.9 Å². The van der Waals surface area contributed by atoms with Gasteiger partial charge in [0.05, 0.1) is 36.6 Å². The van der Waals surface area contributed by atoms with Crippen LogP contribution in [0.2, 0.25) is 5.02 Å². The van der Waals surface area contributed by atoms with Gasteiger partial charge in [-0.15, -0.1) is 0 Å². The Bertz CT molecular complexity index is 880. The molecule has 1 saturated carbocycles. The molecular weight excluding hydrogens is 340 g/mol. The molecule has 1 aromatic carbocycles. The second-order valence-electron chi connectivity index (χ2n) is 6.58. The van der Waals surface area contributed by atoms with E-state index < -0.39 is 0 Å². The number of hydrogen-bond donors (Lipinski definition) is 1. The number of benzene rings is 1. The van der Waals surface area contributed by atoms with E-state index in [1.807, 2.05) is 12.1 Å². The number of nitrogens with two attached hydrogens (primary N) is 1. The van der Waals surface area contributed by atoms with E-state index in [9.17, 15) is 4.79 Å². The van der Waals surface area contributed by atoms with Gasteiger partial charge >= 0.3 is 0 Å². The van der Waals surface area contributed by atoms with Crippen LogP contribution in [0.4, 0.5) is 5.95 Å². The fraction of sp³-hybridized carbons (Fsp3) is 0.389. The number of halogens is 1. The Morgan fingerprint density at radius 3 is 2.72 bits per heavy atom. The molecule has 2 aromatic rings. The van der Waals surface area contributed by atoms with Crippen LogP contribution in [0.3, 0.4) is 0 Å². The fourth-order valence-corrected chi connectivity index (χ4v) is 3.62. The predicted molar refractivity (Wildman–Crippen MR) is 95.3 cm³/mol. The van der Waals surface area contributed by atoms with Crippen LogP contribution in [-0.4, -0.2) is 27.9 Å². The molecule has 0 radical (unpaired) electrons. The third-order valence-electron chi connectivity index (χ3n) is 4.84. The topological polar surface area (TPSA) is 81.3 Å². The van der Waals surface area contributed by atoms with Crippen molar-refractivity contribution in [3.8, 4) is 17.0 Å². The van der Waals surface area contributed by atoms with Crippen molar-refractivity contribution in [2.45, 2.75) is 38.8 Å². The van der Waals surface area contributed by atoms with Gasteiger partial charge in [-0.3, -0.25) is 4.79 Å². The van der Waals surface area contributed by atoms with E-state index >= 15 is 0 Å². The highest BCUT2D eigenvalue weighted by Gasteiger charge is 2.31. The van der Waals surface area contributed by atoms with Gasteiger partial charge in [0.15, 0.2) is 0 Å². The van der Waals surface area contributed by atoms with Crippen molar-refractivity contribution in [1.82, 2.24) is 14.9 Å². The molecule has 1 aliphatic heterocycles. The summed E-state index contributed by atoms with van der Waals surface area (Å²) in [7, 11) is 1.66. The highest BCUT2D eigenvalue weighted by atomic mass is 35.5. The minimum absolute atomic E-state index is 0.00437. The lowest BCUT2D eigenvalue weighted by Gasteiger charge is -2.15. The average Bonchev–Trinajstić information content (AvgIpc) is 3.32. The van der Waals surface area contributed by atoms with Crippen molar-refractivity contribution in [3.05, 3.63) is 34.0 Å². The van der Waals surface area contributed by atoms with Gasteiger partial charge in [0, 0.05) is 18.1 Å². The van der Waals surface area contributed by atoms with Crippen molar-refractivity contribution in [3.63, 3.8) is 0 Å². The maximum Gasteiger partial charge on any atom is 0.220 e. The minimum Gasteiger partial charge on any atom is -0.496 e. The Morgan fingerprint density at radius 2 is 2.08 bits per heavy atom. The van der Waals surface area contributed by atoms with E-state index in [0.29, 0.717) is 29.7 Å². The number of fused-ring (bicyclic) bond motifs is 1. The normalized spacial score (nSPS) is 16.0. The van der Waals surface area contributed by atoms with Crippen molar-refractivity contribution in [1.29, 1.82) is 0 Å². The highest BCUT2D eigenvalue weighted by Crippen LogP contribution is 2.47. The smallest absolute Gasteiger partial charge is 0.220 e. The first-order valence-corrected chi connectivity index (χ1v) is 8.64. The van der Waals surface area contributed by atoms with Gasteiger partial charge in [0.2, 0.25) is 11.9 Å². The summed E-state index contributed by atoms with van der Waals surface area (Å²) < 4.78 is 5.57. The monoisotopic (exact) mass is 358 g/mol. The lowest BCUT2D eigenvalue weighted by atomic mass is 10.0. The number of aromatic nitrogens is 2. The molecule has 0 unspecified atom stereocenters. The van der Waals surface area contributed by atoms with Gasteiger partial charge in [-0.05, 0) is 36.5 Å². The Hall–Kier alpha value is -2.34. The number of nitrogens with zero attached hydrogens (tertiary/aromatic N) is 3. The maximum absolute atomic E-state index is 11.7. The molecule has 1 aliphatic carbocycles. The molecule has 0 spiro atoms. The van der Waals surface area contributed by atoms with Gasteiger partial charge in [-0.25, -0.2) is 9.97 Å². The number of rotatable bonds is 3. The molecule has 2 aliphatic rings. The zero-order valence-electron chi connectivity index (χ0n) is 14.2. The Morgan fingerprint density at radius 1 is 1.32 bits per heavy atom. The van der Waals surface area contributed by atoms with Crippen LogP contribution in [-0.2, 0) is 17.9 Å². The van der Waals surface area contributed by atoms with Crippen LogP contribution in [0.5, 0.6) is 5.75 Å². The molecule has 2 N–H and O–H groups in total. The van der Waals surface area contributed by atoms with Crippen molar-refractivity contribution in [2.75, 3.05) is 12.8 Å². The summed E-state index contributed by atoms with van der Waals surface area (Å²) in [5, 5.41) is 0.615. The quantitative estimate of drug-likeness (QED) is 0.911. The molecule has 1 aromatic heterocycles. The van der Waals surface area contributed by atoms with Crippen LogP contribution in [0, 0.1) is 0 Å². The largest absolute Gasteiger partial charge is 0.496 e. The number of nitrogen functional groups attached to an aromatic ring is 1. The molecule has 0 saturated heterocycles. The molecule has 4 rings (SSSR count). The molecule has 130 valence electrons. The number of anilines is 1. The summed E-state index contributed by atoms with van der Waals surface area (Å²) in [6.07, 6.45) is 2.32. The van der Waals surface area contributed by atoms with Crippen LogP contribution < -0.4 is 10.5 Å². The molecule has 2 heterocycles. The zero-order valence-corrected chi connectivity index (χ0v) is 14.9. The second-order valence-corrected chi connectivity index (χ2v) is 6.99. The number of carbonyl (C=O) groups is 1. The molecule has 1 fully saturated rings. The van der Waals surface area contributed by atoms with E-state index in [-0.39, 0.29) is 11.9 Å². The van der Waals surface area contributed by atoms with Gasteiger partial charge < -0.3 is 15.4 Å². The predicted octanol–water partition coefficient (Wildman–Crippen LogP) is 3.13. The van der Waals surface area contributed by atoms with Gasteiger partial charge in [0.25, 0.3) is 0 Å². The summed E-state index contributed by atoms with van der Waals surface area (Å²) in [4.78, 5) is 22.2. The molecule has 0 bridgehead atoms. The SMILES string of the molecule is COc1cc(-c2nc(N)nc3c2CN(C(C)=O)C3)c(Cl)cc1C1CC1. The Labute approximate surface area is 151 Å². The van der Waals surface area contributed by atoms with Crippen LogP contribution in [0.15, 0.2) is 12.1 Å². The number of ether oxygens (including phenoxy) is 1. The first-order valence-electron chi connectivity index (χ1n) is 8.26. The number of methoxy groups -OCH3 is 1. The zero-order chi connectivity index (χ0) is 17.7. The fourth-order valence-electron chi connectivity index (χ4n) is 3.36. The Balaban J connectivity index is 1.85. The lowest BCUT2D eigenvalue weighted by Crippen LogP contribution is -2.21. The van der Waals surface area contributed by atoms with E-state index in [0.717, 1.165) is 41.0 Å².